The van der Waals surface area contributed by atoms with Gasteiger partial charge in [-0.25, -0.2) is 0 Å². The van der Waals surface area contributed by atoms with E-state index in [0.717, 1.165) is 38.8 Å². The van der Waals surface area contributed by atoms with Crippen LogP contribution in [0, 0.1) is 0 Å². The van der Waals surface area contributed by atoms with Crippen LogP contribution in [0.25, 0.3) is 0 Å². The average Bonchev–Trinajstić information content (AvgIpc) is 2.38. The lowest BCUT2D eigenvalue weighted by molar-refractivity contribution is -0.129. The summed E-state index contributed by atoms with van der Waals surface area (Å²) < 4.78 is 0. The minimum atomic E-state index is -0.269. The summed E-state index contributed by atoms with van der Waals surface area (Å²) in [7, 11) is 1.67. The van der Waals surface area contributed by atoms with Crippen LogP contribution in [-0.2, 0) is 4.79 Å². The Bertz CT molecular complexity index is 272. The van der Waals surface area contributed by atoms with Crippen molar-refractivity contribution in [2.75, 3.05) is 26.7 Å². The van der Waals surface area contributed by atoms with Crippen LogP contribution < -0.4 is 10.6 Å². The second-order valence-corrected chi connectivity index (χ2v) is 4.99. The predicted octanol–water partition coefficient (Wildman–Crippen LogP) is -0.690. The molecule has 3 N–H and O–H groups in total. The van der Waals surface area contributed by atoms with Gasteiger partial charge >= 0.3 is 0 Å². The average molecular weight is 241 g/mol. The molecule has 5 nitrogen and oxygen atoms in total. The molecule has 2 aliphatic rings. The molecular weight excluding hydrogens is 218 g/mol. The summed E-state index contributed by atoms with van der Waals surface area (Å²) in [5.74, 6) is 0.0509. The van der Waals surface area contributed by atoms with E-state index in [2.05, 4.69) is 15.5 Å². The van der Waals surface area contributed by atoms with Crippen molar-refractivity contribution in [1.82, 2.24) is 15.5 Å². The topological polar surface area (TPSA) is 64.6 Å². The van der Waals surface area contributed by atoms with E-state index in [4.69, 9.17) is 0 Å². The number of piperazine rings is 1. The number of hydrogen-bond acceptors (Lipinski definition) is 4. The fourth-order valence-corrected chi connectivity index (χ4v) is 3.01. The fraction of sp³-hybridized carbons (Fsp3) is 0.917. The number of rotatable bonds is 2. The zero-order valence-electron chi connectivity index (χ0n) is 10.5. The van der Waals surface area contributed by atoms with Crippen LogP contribution in [0.1, 0.15) is 25.7 Å². The van der Waals surface area contributed by atoms with E-state index in [1.165, 1.54) is 0 Å². The zero-order valence-corrected chi connectivity index (χ0v) is 10.5. The molecule has 1 heterocycles. The van der Waals surface area contributed by atoms with Crippen molar-refractivity contribution in [1.29, 1.82) is 0 Å². The van der Waals surface area contributed by atoms with Gasteiger partial charge in [0.2, 0.25) is 5.91 Å². The molecule has 3 atom stereocenters. The molecule has 2 fully saturated rings. The van der Waals surface area contributed by atoms with Crippen LogP contribution in [0.15, 0.2) is 0 Å². The molecule has 1 aliphatic heterocycles. The van der Waals surface area contributed by atoms with E-state index in [0.29, 0.717) is 6.54 Å². The summed E-state index contributed by atoms with van der Waals surface area (Å²) in [5, 5.41) is 16.1. The molecule has 0 aromatic heterocycles. The Kier molecular flexibility index (Phi) is 4.36. The van der Waals surface area contributed by atoms with Gasteiger partial charge in [0.05, 0.1) is 6.10 Å². The zero-order chi connectivity index (χ0) is 12.3. The van der Waals surface area contributed by atoms with Gasteiger partial charge in [0.15, 0.2) is 0 Å². The summed E-state index contributed by atoms with van der Waals surface area (Å²) in [6.07, 6.45) is 3.87. The Morgan fingerprint density at radius 3 is 2.88 bits per heavy atom. The first-order valence-corrected chi connectivity index (χ1v) is 6.60. The Hall–Kier alpha value is -0.650. The highest BCUT2D eigenvalue weighted by atomic mass is 16.3. The van der Waals surface area contributed by atoms with Crippen molar-refractivity contribution in [3.05, 3.63) is 0 Å². The van der Waals surface area contributed by atoms with E-state index in [1.807, 2.05) is 0 Å². The summed E-state index contributed by atoms with van der Waals surface area (Å²) in [4.78, 5) is 14.0. The van der Waals surface area contributed by atoms with Gasteiger partial charge in [-0.3, -0.25) is 9.69 Å². The van der Waals surface area contributed by atoms with Crippen LogP contribution in [0.5, 0.6) is 0 Å². The van der Waals surface area contributed by atoms with E-state index >= 15 is 0 Å². The molecule has 0 radical (unpaired) electrons. The van der Waals surface area contributed by atoms with Crippen molar-refractivity contribution in [3.8, 4) is 0 Å². The molecule has 0 bridgehead atoms. The van der Waals surface area contributed by atoms with Crippen LogP contribution in [-0.4, -0.2) is 60.8 Å². The van der Waals surface area contributed by atoms with Crippen molar-refractivity contribution >= 4 is 5.91 Å². The summed E-state index contributed by atoms with van der Waals surface area (Å²) in [6.45, 7) is 2.43. The molecule has 1 aliphatic carbocycles. The molecule has 1 saturated carbocycles. The summed E-state index contributed by atoms with van der Waals surface area (Å²) >= 11 is 0. The third-order valence-corrected chi connectivity index (χ3v) is 3.95. The second-order valence-electron chi connectivity index (χ2n) is 4.99. The quantitative estimate of drug-likeness (QED) is 0.599. The molecule has 98 valence electrons. The molecule has 0 spiro atoms. The van der Waals surface area contributed by atoms with Gasteiger partial charge in [0.1, 0.15) is 6.04 Å². The maximum absolute atomic E-state index is 11.9. The largest absolute Gasteiger partial charge is 0.391 e. The Balaban J connectivity index is 2.06. The molecule has 0 aromatic rings. The van der Waals surface area contributed by atoms with E-state index in [1.54, 1.807) is 7.05 Å². The van der Waals surface area contributed by atoms with Gasteiger partial charge in [-0.1, -0.05) is 12.8 Å². The Labute approximate surface area is 103 Å². The molecule has 2 rings (SSSR count). The number of carbonyl (C=O) groups is 1. The van der Waals surface area contributed by atoms with Gasteiger partial charge in [0.25, 0.3) is 0 Å². The molecule has 3 unspecified atom stereocenters. The smallest absolute Gasteiger partial charge is 0.238 e. The van der Waals surface area contributed by atoms with Crippen LogP contribution in [0.3, 0.4) is 0 Å². The lowest BCUT2D eigenvalue weighted by atomic mass is 9.90. The lowest BCUT2D eigenvalue weighted by Gasteiger charge is -2.44. The maximum atomic E-state index is 11.9. The number of likely N-dealkylation sites (N-methyl/N-ethyl adjacent to an activating group) is 1. The highest BCUT2D eigenvalue weighted by molar-refractivity contribution is 5.81. The first-order valence-electron chi connectivity index (χ1n) is 6.60. The number of hydrogen-bond donors (Lipinski definition) is 3. The van der Waals surface area contributed by atoms with Gasteiger partial charge in [-0.2, -0.15) is 0 Å². The molecule has 1 amide bonds. The second kappa shape index (κ2) is 5.80. The summed E-state index contributed by atoms with van der Waals surface area (Å²) in [6, 6.07) is 0.0275. The fourth-order valence-electron chi connectivity index (χ4n) is 3.01. The van der Waals surface area contributed by atoms with E-state index in [9.17, 15) is 9.90 Å². The third-order valence-electron chi connectivity index (χ3n) is 3.95. The van der Waals surface area contributed by atoms with Gasteiger partial charge in [-0.05, 0) is 12.8 Å². The van der Waals surface area contributed by atoms with Crippen LogP contribution in [0.2, 0.25) is 0 Å². The van der Waals surface area contributed by atoms with Crippen molar-refractivity contribution in [2.45, 2.75) is 43.9 Å². The third kappa shape index (κ3) is 2.78. The lowest BCUT2D eigenvalue weighted by Crippen LogP contribution is -2.62. The number of nitrogens with one attached hydrogen (secondary N) is 2. The van der Waals surface area contributed by atoms with Gasteiger partial charge in [0, 0.05) is 32.7 Å². The minimum Gasteiger partial charge on any atom is -0.391 e. The first-order chi connectivity index (χ1) is 8.24. The van der Waals surface area contributed by atoms with Crippen molar-refractivity contribution in [3.63, 3.8) is 0 Å². The monoisotopic (exact) mass is 241 g/mol. The SMILES string of the molecule is CNC(=O)C1CNCCN1C1CCCCC1O. The van der Waals surface area contributed by atoms with Crippen molar-refractivity contribution in [2.24, 2.45) is 0 Å². The standard InChI is InChI=1S/C12H23N3O2/c1-13-12(17)10-8-14-6-7-15(10)9-4-2-3-5-11(9)16/h9-11,14,16H,2-8H2,1H3,(H,13,17). The molecule has 5 heteroatoms. The van der Waals surface area contributed by atoms with Gasteiger partial charge in [-0.15, -0.1) is 0 Å². The van der Waals surface area contributed by atoms with Gasteiger partial charge < -0.3 is 15.7 Å². The summed E-state index contributed by atoms with van der Waals surface area (Å²) in [5.41, 5.74) is 0. The molecule has 1 saturated heterocycles. The number of nitrogens with zero attached hydrogens (tertiary/aromatic N) is 1. The Morgan fingerprint density at radius 2 is 2.18 bits per heavy atom. The number of aliphatic hydroxyl groups is 1. The number of carbonyl (C=O) groups excluding carboxylic acids is 1. The first kappa shape index (κ1) is 12.8. The Morgan fingerprint density at radius 1 is 1.41 bits per heavy atom. The minimum absolute atomic E-state index is 0.0509. The molecule has 17 heavy (non-hydrogen) atoms. The van der Waals surface area contributed by atoms with E-state index in [-0.39, 0.29) is 24.1 Å². The molecular formula is C12H23N3O2. The maximum Gasteiger partial charge on any atom is 0.238 e. The number of amides is 1. The van der Waals surface area contributed by atoms with Crippen LogP contribution in [0.4, 0.5) is 0 Å². The highest BCUT2D eigenvalue weighted by Crippen LogP contribution is 2.25. The molecule has 0 aromatic carbocycles. The highest BCUT2D eigenvalue weighted by Gasteiger charge is 2.37. The van der Waals surface area contributed by atoms with E-state index < -0.39 is 0 Å². The van der Waals surface area contributed by atoms with Crippen LogP contribution >= 0.6 is 0 Å². The number of aliphatic hydroxyl groups excluding tert-OH is 1. The normalized spacial score (nSPS) is 35.5. The van der Waals surface area contributed by atoms with Crippen molar-refractivity contribution < 1.29 is 9.90 Å². The predicted molar refractivity (Wildman–Crippen MR) is 65.7 cm³/mol.